The normalized spacial score (nSPS) is 15.6. The lowest BCUT2D eigenvalue weighted by atomic mass is 10.5. The van der Waals surface area contributed by atoms with Crippen LogP contribution in [0, 0.1) is 0 Å². The Morgan fingerprint density at radius 1 is 1.44 bits per heavy atom. The van der Waals surface area contributed by atoms with E-state index in [1.807, 2.05) is 17.0 Å². The molecule has 0 unspecified atom stereocenters. The summed E-state index contributed by atoms with van der Waals surface area (Å²) in [6.45, 7) is 3.06. The summed E-state index contributed by atoms with van der Waals surface area (Å²) in [6, 6.07) is 0.468. The summed E-state index contributed by atoms with van der Waals surface area (Å²) in [7, 11) is 1.68. The first-order valence-corrected chi connectivity index (χ1v) is 5.80. The lowest BCUT2D eigenvalue weighted by molar-refractivity contribution is 0.199. The highest BCUT2D eigenvalue weighted by molar-refractivity contribution is 4.91. The number of rotatable bonds is 7. The van der Waals surface area contributed by atoms with Crippen LogP contribution in [0.15, 0.2) is 17.2 Å². The van der Waals surface area contributed by atoms with Gasteiger partial charge in [0.2, 0.25) is 0 Å². The summed E-state index contributed by atoms with van der Waals surface area (Å²) < 4.78 is 8.53. The second-order valence-corrected chi connectivity index (χ2v) is 4.16. The first-order valence-electron chi connectivity index (χ1n) is 5.80. The minimum Gasteiger partial charge on any atom is -0.383 e. The Morgan fingerprint density at radius 3 is 2.94 bits per heavy atom. The van der Waals surface area contributed by atoms with Gasteiger partial charge in [0, 0.05) is 45.2 Å². The van der Waals surface area contributed by atoms with E-state index in [9.17, 15) is 4.79 Å². The average Bonchev–Trinajstić information content (AvgIpc) is 3.05. The van der Waals surface area contributed by atoms with E-state index in [2.05, 4.69) is 5.32 Å². The number of imidazole rings is 1. The summed E-state index contributed by atoms with van der Waals surface area (Å²) >= 11 is 0. The van der Waals surface area contributed by atoms with E-state index < -0.39 is 0 Å². The van der Waals surface area contributed by atoms with Gasteiger partial charge in [0.05, 0.1) is 6.61 Å². The maximum absolute atomic E-state index is 11.8. The zero-order valence-corrected chi connectivity index (χ0v) is 9.69. The Kier molecular flexibility index (Phi) is 3.79. The van der Waals surface area contributed by atoms with Crippen molar-refractivity contribution >= 4 is 0 Å². The SMILES string of the molecule is COCCNCCn1ccn(C2CC2)c1=O. The average molecular weight is 225 g/mol. The minimum atomic E-state index is 0.121. The quantitative estimate of drug-likeness (QED) is 0.675. The van der Waals surface area contributed by atoms with Gasteiger partial charge in [0.25, 0.3) is 0 Å². The van der Waals surface area contributed by atoms with E-state index >= 15 is 0 Å². The second kappa shape index (κ2) is 5.32. The summed E-state index contributed by atoms with van der Waals surface area (Å²) in [5, 5.41) is 3.22. The van der Waals surface area contributed by atoms with Crippen molar-refractivity contribution in [3.8, 4) is 0 Å². The van der Waals surface area contributed by atoms with Crippen molar-refractivity contribution in [3.63, 3.8) is 0 Å². The fourth-order valence-electron chi connectivity index (χ4n) is 1.73. The molecule has 16 heavy (non-hydrogen) atoms. The molecule has 0 aliphatic heterocycles. The summed E-state index contributed by atoms with van der Waals surface area (Å²) in [6.07, 6.45) is 6.07. The number of hydrogen-bond acceptors (Lipinski definition) is 3. The molecular weight excluding hydrogens is 206 g/mol. The molecule has 5 heteroatoms. The maximum atomic E-state index is 11.8. The topological polar surface area (TPSA) is 48.2 Å². The molecular formula is C11H19N3O2. The second-order valence-electron chi connectivity index (χ2n) is 4.16. The number of methoxy groups -OCH3 is 1. The van der Waals surface area contributed by atoms with E-state index in [4.69, 9.17) is 4.74 Å². The molecule has 1 heterocycles. The highest BCUT2D eigenvalue weighted by Crippen LogP contribution is 2.33. The lowest BCUT2D eigenvalue weighted by Gasteiger charge is -2.04. The van der Waals surface area contributed by atoms with Crippen molar-refractivity contribution < 1.29 is 4.74 Å². The van der Waals surface area contributed by atoms with Gasteiger partial charge in [0.1, 0.15) is 0 Å². The van der Waals surface area contributed by atoms with Crippen molar-refractivity contribution in [1.82, 2.24) is 14.5 Å². The van der Waals surface area contributed by atoms with Crippen LogP contribution in [0.1, 0.15) is 18.9 Å². The molecule has 5 nitrogen and oxygen atoms in total. The van der Waals surface area contributed by atoms with Crippen molar-refractivity contribution in [2.24, 2.45) is 0 Å². The summed E-state index contributed by atoms with van der Waals surface area (Å²) in [5.74, 6) is 0. The molecule has 1 aliphatic rings. The lowest BCUT2D eigenvalue weighted by Crippen LogP contribution is -2.29. The van der Waals surface area contributed by atoms with Crippen LogP contribution in [0.5, 0.6) is 0 Å². The molecule has 0 bridgehead atoms. The summed E-state index contributed by atoms with van der Waals surface area (Å²) in [4.78, 5) is 11.8. The zero-order chi connectivity index (χ0) is 11.4. The van der Waals surface area contributed by atoms with E-state index in [1.165, 1.54) is 0 Å². The molecule has 2 rings (SSSR count). The highest BCUT2D eigenvalue weighted by atomic mass is 16.5. The molecule has 0 aromatic carbocycles. The molecule has 1 saturated carbocycles. The van der Waals surface area contributed by atoms with Crippen LogP contribution in [-0.2, 0) is 11.3 Å². The Morgan fingerprint density at radius 2 is 2.25 bits per heavy atom. The Balaban J connectivity index is 1.78. The summed E-state index contributed by atoms with van der Waals surface area (Å²) in [5.41, 5.74) is 0.121. The molecule has 1 fully saturated rings. The standard InChI is InChI=1S/C11H19N3O2/c1-16-9-5-12-4-6-13-7-8-14(11(13)15)10-2-3-10/h7-8,10,12H,2-6,9H2,1H3. The first kappa shape index (κ1) is 11.4. The Hall–Kier alpha value is -1.07. The number of nitrogens with zero attached hydrogens (tertiary/aromatic N) is 2. The Bertz CT molecular complexity index is 379. The van der Waals surface area contributed by atoms with Gasteiger partial charge in [-0.3, -0.25) is 9.13 Å². The van der Waals surface area contributed by atoms with Gasteiger partial charge in [-0.2, -0.15) is 0 Å². The van der Waals surface area contributed by atoms with Crippen LogP contribution in [0.4, 0.5) is 0 Å². The van der Waals surface area contributed by atoms with Gasteiger partial charge in [-0.1, -0.05) is 0 Å². The predicted molar refractivity (Wildman–Crippen MR) is 61.7 cm³/mol. The third-order valence-electron chi connectivity index (χ3n) is 2.83. The van der Waals surface area contributed by atoms with Crippen molar-refractivity contribution in [1.29, 1.82) is 0 Å². The van der Waals surface area contributed by atoms with Gasteiger partial charge >= 0.3 is 5.69 Å². The molecule has 1 aromatic heterocycles. The van der Waals surface area contributed by atoms with Crippen molar-refractivity contribution in [2.75, 3.05) is 26.8 Å². The van der Waals surface area contributed by atoms with Gasteiger partial charge in [-0.05, 0) is 12.8 Å². The monoisotopic (exact) mass is 225 g/mol. The van der Waals surface area contributed by atoms with Gasteiger partial charge in [-0.15, -0.1) is 0 Å². The van der Waals surface area contributed by atoms with E-state index in [0.29, 0.717) is 12.6 Å². The van der Waals surface area contributed by atoms with E-state index in [0.717, 1.165) is 32.5 Å². The molecule has 0 atom stereocenters. The smallest absolute Gasteiger partial charge is 0.328 e. The van der Waals surface area contributed by atoms with Crippen molar-refractivity contribution in [3.05, 3.63) is 22.9 Å². The molecule has 0 spiro atoms. The molecule has 90 valence electrons. The molecule has 1 N–H and O–H groups in total. The fourth-order valence-corrected chi connectivity index (χ4v) is 1.73. The van der Waals surface area contributed by atoms with Gasteiger partial charge < -0.3 is 10.1 Å². The van der Waals surface area contributed by atoms with Crippen LogP contribution in [0.2, 0.25) is 0 Å². The highest BCUT2D eigenvalue weighted by Gasteiger charge is 2.25. The van der Waals surface area contributed by atoms with E-state index in [-0.39, 0.29) is 5.69 Å². The Labute approximate surface area is 95.0 Å². The van der Waals surface area contributed by atoms with Crippen LogP contribution in [0.25, 0.3) is 0 Å². The van der Waals surface area contributed by atoms with Gasteiger partial charge in [0.15, 0.2) is 0 Å². The van der Waals surface area contributed by atoms with Crippen LogP contribution in [0.3, 0.4) is 0 Å². The molecule has 0 saturated heterocycles. The predicted octanol–water partition coefficient (Wildman–Crippen LogP) is 0.221. The van der Waals surface area contributed by atoms with Crippen LogP contribution >= 0.6 is 0 Å². The van der Waals surface area contributed by atoms with Gasteiger partial charge in [-0.25, -0.2) is 4.79 Å². The number of hydrogen-bond donors (Lipinski definition) is 1. The first-order chi connectivity index (χ1) is 7.83. The molecule has 0 radical (unpaired) electrons. The van der Waals surface area contributed by atoms with Crippen LogP contribution in [-0.4, -0.2) is 35.9 Å². The maximum Gasteiger partial charge on any atom is 0.328 e. The number of nitrogens with one attached hydrogen (secondary N) is 1. The van der Waals surface area contributed by atoms with Crippen LogP contribution < -0.4 is 11.0 Å². The third kappa shape index (κ3) is 2.74. The number of ether oxygens (including phenoxy) is 1. The fraction of sp³-hybridized carbons (Fsp3) is 0.727. The molecule has 0 amide bonds. The largest absolute Gasteiger partial charge is 0.383 e. The zero-order valence-electron chi connectivity index (χ0n) is 9.69. The molecule has 1 aromatic rings. The van der Waals surface area contributed by atoms with E-state index in [1.54, 1.807) is 11.7 Å². The van der Waals surface area contributed by atoms with Crippen molar-refractivity contribution in [2.45, 2.75) is 25.4 Å². The number of aromatic nitrogens is 2. The minimum absolute atomic E-state index is 0.121. The molecule has 1 aliphatic carbocycles. The third-order valence-corrected chi connectivity index (χ3v) is 2.83.